The van der Waals surface area contributed by atoms with E-state index in [0.717, 1.165) is 0 Å². The average Bonchev–Trinajstić information content (AvgIpc) is 2.29. The lowest BCUT2D eigenvalue weighted by Crippen LogP contribution is -2.27. The number of carbonyl (C=O) groups excluding carboxylic acids is 2. The van der Waals surface area contributed by atoms with Crippen molar-refractivity contribution in [3.63, 3.8) is 0 Å². The minimum atomic E-state index is -0.219. The molecular formula is C12H14N2O3. The van der Waals surface area contributed by atoms with E-state index in [4.69, 9.17) is 4.74 Å². The molecule has 0 fully saturated rings. The standard InChI is InChI=1S/C12H14N2O3/c1-7(2)12(16)13-8-4-3-5-9-11(8)14-10(15)6-17-9/h3-5,7H,6H2,1-2H3,(H,13,16)(H,14,15). The zero-order chi connectivity index (χ0) is 12.4. The molecule has 1 aliphatic heterocycles. The molecule has 17 heavy (non-hydrogen) atoms. The number of carbonyl (C=O) groups is 2. The Morgan fingerprint density at radius 3 is 2.94 bits per heavy atom. The molecule has 0 radical (unpaired) electrons. The second-order valence-corrected chi connectivity index (χ2v) is 4.16. The monoisotopic (exact) mass is 234 g/mol. The number of ether oxygens (including phenoxy) is 1. The third kappa shape index (κ3) is 2.38. The van der Waals surface area contributed by atoms with E-state index in [1.807, 2.05) is 0 Å². The van der Waals surface area contributed by atoms with E-state index in [9.17, 15) is 9.59 Å². The molecule has 5 nitrogen and oxygen atoms in total. The van der Waals surface area contributed by atoms with E-state index in [1.54, 1.807) is 32.0 Å². The lowest BCUT2D eigenvalue weighted by molar-refractivity contribution is -0.119. The van der Waals surface area contributed by atoms with Gasteiger partial charge in [0.25, 0.3) is 5.91 Å². The van der Waals surface area contributed by atoms with Gasteiger partial charge < -0.3 is 15.4 Å². The van der Waals surface area contributed by atoms with Crippen LogP contribution < -0.4 is 15.4 Å². The van der Waals surface area contributed by atoms with Crippen LogP contribution in [-0.2, 0) is 9.59 Å². The number of rotatable bonds is 2. The summed E-state index contributed by atoms with van der Waals surface area (Å²) in [7, 11) is 0. The normalized spacial score (nSPS) is 13.7. The molecule has 0 bridgehead atoms. The van der Waals surface area contributed by atoms with Gasteiger partial charge in [-0.15, -0.1) is 0 Å². The van der Waals surface area contributed by atoms with Crippen molar-refractivity contribution in [2.45, 2.75) is 13.8 Å². The van der Waals surface area contributed by atoms with Gasteiger partial charge in [0.15, 0.2) is 6.61 Å². The highest BCUT2D eigenvalue weighted by Crippen LogP contribution is 2.34. The minimum absolute atomic E-state index is 0.00851. The molecule has 0 unspecified atom stereocenters. The Kier molecular flexibility index (Phi) is 2.99. The molecule has 0 aliphatic carbocycles. The van der Waals surface area contributed by atoms with Crippen molar-refractivity contribution in [2.24, 2.45) is 5.92 Å². The van der Waals surface area contributed by atoms with Gasteiger partial charge >= 0.3 is 0 Å². The van der Waals surface area contributed by atoms with Crippen LogP contribution in [0.1, 0.15) is 13.8 Å². The lowest BCUT2D eigenvalue weighted by Gasteiger charge is -2.21. The van der Waals surface area contributed by atoms with Crippen molar-refractivity contribution >= 4 is 23.2 Å². The third-order valence-corrected chi connectivity index (χ3v) is 2.43. The molecule has 1 aliphatic rings. The van der Waals surface area contributed by atoms with Gasteiger partial charge in [0.2, 0.25) is 5.91 Å². The summed E-state index contributed by atoms with van der Waals surface area (Å²) in [6.45, 7) is 3.62. The predicted molar refractivity (Wildman–Crippen MR) is 64.0 cm³/mol. The highest BCUT2D eigenvalue weighted by molar-refractivity contribution is 6.03. The summed E-state index contributed by atoms with van der Waals surface area (Å²) < 4.78 is 5.26. The van der Waals surface area contributed by atoms with Gasteiger partial charge in [-0.3, -0.25) is 9.59 Å². The summed E-state index contributed by atoms with van der Waals surface area (Å²) in [5, 5.41) is 5.45. The van der Waals surface area contributed by atoms with E-state index in [1.165, 1.54) is 0 Å². The van der Waals surface area contributed by atoms with Crippen LogP contribution >= 0.6 is 0 Å². The third-order valence-electron chi connectivity index (χ3n) is 2.43. The number of nitrogens with one attached hydrogen (secondary N) is 2. The average molecular weight is 234 g/mol. The molecule has 90 valence electrons. The van der Waals surface area contributed by atoms with Crippen LogP contribution in [0.5, 0.6) is 5.75 Å². The molecule has 1 heterocycles. The molecule has 0 aromatic heterocycles. The fourth-order valence-electron chi connectivity index (χ4n) is 1.48. The Morgan fingerprint density at radius 2 is 2.24 bits per heavy atom. The summed E-state index contributed by atoms with van der Waals surface area (Å²) in [6, 6.07) is 5.25. The Labute approximate surface area is 99.2 Å². The second-order valence-electron chi connectivity index (χ2n) is 4.16. The molecule has 0 saturated carbocycles. The summed E-state index contributed by atoms with van der Waals surface area (Å²) in [5.74, 6) is 0.138. The first-order valence-electron chi connectivity index (χ1n) is 5.44. The number of amides is 2. The maximum atomic E-state index is 11.6. The van der Waals surface area contributed by atoms with Crippen molar-refractivity contribution in [3.8, 4) is 5.75 Å². The Morgan fingerprint density at radius 1 is 1.47 bits per heavy atom. The molecule has 2 amide bonds. The fraction of sp³-hybridized carbons (Fsp3) is 0.333. The SMILES string of the molecule is CC(C)C(=O)Nc1cccc2c1NC(=O)CO2. The molecule has 2 N–H and O–H groups in total. The smallest absolute Gasteiger partial charge is 0.262 e. The van der Waals surface area contributed by atoms with E-state index < -0.39 is 0 Å². The summed E-state index contributed by atoms with van der Waals surface area (Å²) in [4.78, 5) is 22.9. The number of anilines is 2. The first-order chi connectivity index (χ1) is 8.08. The fourth-order valence-corrected chi connectivity index (χ4v) is 1.48. The van der Waals surface area contributed by atoms with Crippen LogP contribution in [-0.4, -0.2) is 18.4 Å². The van der Waals surface area contributed by atoms with Crippen molar-refractivity contribution in [1.82, 2.24) is 0 Å². The van der Waals surface area contributed by atoms with Crippen molar-refractivity contribution in [3.05, 3.63) is 18.2 Å². The highest BCUT2D eigenvalue weighted by Gasteiger charge is 2.20. The van der Waals surface area contributed by atoms with Crippen LogP contribution in [0.4, 0.5) is 11.4 Å². The number of hydrogen-bond acceptors (Lipinski definition) is 3. The zero-order valence-electron chi connectivity index (χ0n) is 9.74. The summed E-state index contributed by atoms with van der Waals surface area (Å²) in [5.41, 5.74) is 1.09. The Balaban J connectivity index is 2.29. The first-order valence-corrected chi connectivity index (χ1v) is 5.44. The molecular weight excluding hydrogens is 220 g/mol. The molecule has 2 rings (SSSR count). The van der Waals surface area contributed by atoms with Gasteiger partial charge in [0, 0.05) is 5.92 Å². The number of fused-ring (bicyclic) bond motifs is 1. The van der Waals surface area contributed by atoms with Gasteiger partial charge in [-0.05, 0) is 12.1 Å². The summed E-state index contributed by atoms with van der Waals surface area (Å²) in [6.07, 6.45) is 0. The zero-order valence-corrected chi connectivity index (χ0v) is 9.74. The maximum absolute atomic E-state index is 11.6. The van der Waals surface area contributed by atoms with E-state index in [0.29, 0.717) is 17.1 Å². The van der Waals surface area contributed by atoms with Crippen LogP contribution in [0.3, 0.4) is 0 Å². The van der Waals surface area contributed by atoms with E-state index in [2.05, 4.69) is 10.6 Å². The van der Waals surface area contributed by atoms with E-state index in [-0.39, 0.29) is 24.3 Å². The first kappa shape index (κ1) is 11.4. The minimum Gasteiger partial charge on any atom is -0.481 e. The predicted octanol–water partition coefficient (Wildman–Crippen LogP) is 1.61. The van der Waals surface area contributed by atoms with E-state index >= 15 is 0 Å². The molecule has 1 aromatic carbocycles. The van der Waals surface area contributed by atoms with Crippen LogP contribution in [0.15, 0.2) is 18.2 Å². The molecule has 1 aromatic rings. The number of hydrogen-bond donors (Lipinski definition) is 2. The second kappa shape index (κ2) is 4.45. The number of benzene rings is 1. The Hall–Kier alpha value is -2.04. The number of para-hydroxylation sites is 1. The quantitative estimate of drug-likeness (QED) is 0.817. The van der Waals surface area contributed by atoms with Gasteiger partial charge in [-0.2, -0.15) is 0 Å². The largest absolute Gasteiger partial charge is 0.481 e. The summed E-state index contributed by atoms with van der Waals surface area (Å²) >= 11 is 0. The Bertz CT molecular complexity index is 469. The maximum Gasteiger partial charge on any atom is 0.262 e. The van der Waals surface area contributed by atoms with Crippen LogP contribution in [0, 0.1) is 5.92 Å². The van der Waals surface area contributed by atoms with Crippen LogP contribution in [0.2, 0.25) is 0 Å². The lowest BCUT2D eigenvalue weighted by atomic mass is 10.1. The van der Waals surface area contributed by atoms with Crippen molar-refractivity contribution in [2.75, 3.05) is 17.2 Å². The highest BCUT2D eigenvalue weighted by atomic mass is 16.5. The van der Waals surface area contributed by atoms with Gasteiger partial charge in [0.1, 0.15) is 11.4 Å². The van der Waals surface area contributed by atoms with Crippen molar-refractivity contribution in [1.29, 1.82) is 0 Å². The van der Waals surface area contributed by atoms with Crippen LogP contribution in [0.25, 0.3) is 0 Å². The van der Waals surface area contributed by atoms with Gasteiger partial charge in [-0.1, -0.05) is 19.9 Å². The van der Waals surface area contributed by atoms with Gasteiger partial charge in [-0.25, -0.2) is 0 Å². The van der Waals surface area contributed by atoms with Gasteiger partial charge in [0.05, 0.1) is 5.69 Å². The molecule has 0 spiro atoms. The van der Waals surface area contributed by atoms with Crippen molar-refractivity contribution < 1.29 is 14.3 Å². The molecule has 0 saturated heterocycles. The molecule has 0 atom stereocenters. The topological polar surface area (TPSA) is 67.4 Å². The molecule has 5 heteroatoms.